The summed E-state index contributed by atoms with van der Waals surface area (Å²) in [4.78, 5) is 11.9. The van der Waals surface area contributed by atoms with E-state index in [0.29, 0.717) is 0 Å². The summed E-state index contributed by atoms with van der Waals surface area (Å²) in [5, 5.41) is 19.0. The van der Waals surface area contributed by atoms with E-state index in [2.05, 4.69) is 0 Å². The lowest BCUT2D eigenvalue weighted by Gasteiger charge is -2.40. The Morgan fingerprint density at radius 1 is 1.07 bits per heavy atom. The molecule has 2 aromatic carbocycles. The van der Waals surface area contributed by atoms with Crippen LogP contribution in [-0.4, -0.2) is 28.2 Å². The second kappa shape index (κ2) is 9.08. The van der Waals surface area contributed by atoms with Gasteiger partial charge in [-0.15, -0.1) is 0 Å². The number of rotatable bonds is 8. The fourth-order valence-electron chi connectivity index (χ4n) is 2.97. The number of hydroxylamine groups is 1. The van der Waals surface area contributed by atoms with Gasteiger partial charge in [-0.1, -0.05) is 66.7 Å². The minimum atomic E-state index is -3.13. The van der Waals surface area contributed by atoms with E-state index in [9.17, 15) is 18.7 Å². The fourth-order valence-corrected chi connectivity index (χ4v) is 2.97. The highest BCUT2D eigenvalue weighted by Crippen LogP contribution is 2.40. The van der Waals surface area contributed by atoms with E-state index < -0.39 is 23.3 Å². The zero-order valence-electron chi connectivity index (χ0n) is 15.9. The first-order chi connectivity index (χ1) is 13.2. The maximum Gasteiger partial charge on any atom is 0.267 e. The maximum absolute atomic E-state index is 13.2. The molecule has 0 aliphatic carbocycles. The maximum atomic E-state index is 13.2. The van der Waals surface area contributed by atoms with E-state index >= 15 is 0 Å². The highest BCUT2D eigenvalue weighted by molar-refractivity contribution is 5.82. The van der Waals surface area contributed by atoms with Crippen molar-refractivity contribution in [1.29, 1.82) is 0 Å². The minimum absolute atomic E-state index is 0.0602. The first-order valence-electron chi connectivity index (χ1n) is 8.99. The van der Waals surface area contributed by atoms with Gasteiger partial charge in [0, 0.05) is 0 Å². The van der Waals surface area contributed by atoms with Gasteiger partial charge >= 0.3 is 0 Å². The number of hydrogen-bond donors (Lipinski definition) is 3. The summed E-state index contributed by atoms with van der Waals surface area (Å²) >= 11 is 0. The molecule has 0 saturated heterocycles. The number of carbonyl (C=O) groups is 1. The molecule has 0 saturated carbocycles. The molecule has 2 aromatic rings. The number of halogens is 2. The van der Waals surface area contributed by atoms with Crippen LogP contribution in [0.5, 0.6) is 0 Å². The molecule has 3 N–H and O–H groups in total. The smallest absolute Gasteiger partial charge is 0.267 e. The molecule has 0 radical (unpaired) electrons. The third-order valence-corrected chi connectivity index (χ3v) is 5.28. The first-order valence-corrected chi connectivity index (χ1v) is 8.99. The monoisotopic (exact) mass is 389 g/mol. The molecule has 4 nitrogen and oxygen atoms in total. The van der Waals surface area contributed by atoms with Gasteiger partial charge < -0.3 is 5.11 Å². The van der Waals surface area contributed by atoms with E-state index in [1.54, 1.807) is 6.08 Å². The summed E-state index contributed by atoms with van der Waals surface area (Å²) in [5.41, 5.74) is 0.0778. The highest BCUT2D eigenvalue weighted by atomic mass is 19.3. The van der Waals surface area contributed by atoms with Crippen molar-refractivity contribution in [3.63, 3.8) is 0 Å². The summed E-state index contributed by atoms with van der Waals surface area (Å²) in [6.07, 6.45) is 0.650. The van der Waals surface area contributed by atoms with Crippen molar-refractivity contribution in [2.24, 2.45) is 5.41 Å². The zero-order chi connectivity index (χ0) is 20.8. The molecule has 0 unspecified atom stereocenters. The van der Waals surface area contributed by atoms with Gasteiger partial charge in [-0.05, 0) is 43.4 Å². The molecule has 0 aliphatic rings. The van der Waals surface area contributed by atoms with Crippen LogP contribution in [0.4, 0.5) is 8.78 Å². The van der Waals surface area contributed by atoms with Crippen LogP contribution in [0.1, 0.15) is 32.3 Å². The fraction of sp³-hybridized carbons (Fsp3) is 0.318. The van der Waals surface area contributed by atoms with Crippen molar-refractivity contribution < 1.29 is 23.9 Å². The van der Waals surface area contributed by atoms with Gasteiger partial charge in [0.1, 0.15) is 5.60 Å². The van der Waals surface area contributed by atoms with Crippen molar-refractivity contribution in [2.75, 3.05) is 0 Å². The Balaban J connectivity index is 2.06. The summed E-state index contributed by atoms with van der Waals surface area (Å²) in [5.74, 6) is -1.04. The quantitative estimate of drug-likeness (QED) is 0.454. The number of benzene rings is 2. The number of nitrogens with one attached hydrogen (secondary N) is 1. The van der Waals surface area contributed by atoms with Gasteiger partial charge in [0.05, 0.1) is 5.41 Å². The molecule has 0 fully saturated rings. The molecule has 2 rings (SSSR count). The lowest BCUT2D eigenvalue weighted by Crippen LogP contribution is -2.57. The number of hydrogen-bond acceptors (Lipinski definition) is 3. The van der Waals surface area contributed by atoms with E-state index in [1.165, 1.54) is 12.4 Å². The molecule has 1 amide bonds. The number of allylic oxidation sites excluding steroid dienone is 1. The second-order valence-corrected chi connectivity index (χ2v) is 7.15. The molecule has 150 valence electrons. The highest BCUT2D eigenvalue weighted by Gasteiger charge is 2.54. The number of carbonyl (C=O) groups excluding carboxylic acids is 1. The Morgan fingerprint density at radius 3 is 2.18 bits per heavy atom. The van der Waals surface area contributed by atoms with Gasteiger partial charge in [-0.25, -0.2) is 14.3 Å². The van der Waals surface area contributed by atoms with Crippen LogP contribution in [0, 0.1) is 5.41 Å². The van der Waals surface area contributed by atoms with Crippen molar-refractivity contribution in [3.05, 3.63) is 66.2 Å². The van der Waals surface area contributed by atoms with E-state index in [1.807, 2.05) is 60.7 Å². The van der Waals surface area contributed by atoms with Crippen LogP contribution in [-0.2, 0) is 4.79 Å². The molecular weight excluding hydrogens is 364 g/mol. The first kappa shape index (κ1) is 21.7. The Morgan fingerprint density at radius 2 is 1.64 bits per heavy atom. The third kappa shape index (κ3) is 4.64. The SMILES string of the molecule is C[C@@](CC/C=C/c1ccc(-c2ccccc2)cc1)(C(=O)NO)[C@](C)(O)C(F)F. The average Bonchev–Trinajstić information content (AvgIpc) is 2.71. The largest absolute Gasteiger partial charge is 0.383 e. The molecule has 0 heterocycles. The van der Waals surface area contributed by atoms with Gasteiger partial charge in [-0.3, -0.25) is 10.0 Å². The van der Waals surface area contributed by atoms with E-state index in [-0.39, 0.29) is 12.8 Å². The predicted molar refractivity (Wildman–Crippen MR) is 105 cm³/mol. The van der Waals surface area contributed by atoms with Crippen molar-refractivity contribution in [3.8, 4) is 11.1 Å². The summed E-state index contributed by atoms with van der Waals surface area (Å²) in [6, 6.07) is 17.8. The molecule has 0 spiro atoms. The predicted octanol–water partition coefficient (Wildman–Crippen LogP) is 4.67. The normalized spacial score (nSPS) is 16.0. The van der Waals surface area contributed by atoms with Crippen molar-refractivity contribution in [1.82, 2.24) is 5.48 Å². The lowest BCUT2D eigenvalue weighted by molar-refractivity contribution is -0.182. The Bertz CT molecular complexity index is 804. The lowest BCUT2D eigenvalue weighted by atomic mass is 9.70. The van der Waals surface area contributed by atoms with Crippen LogP contribution in [0.15, 0.2) is 60.7 Å². The van der Waals surface area contributed by atoms with Crippen molar-refractivity contribution >= 4 is 12.0 Å². The van der Waals surface area contributed by atoms with Gasteiger partial charge in [-0.2, -0.15) is 0 Å². The average molecular weight is 389 g/mol. The number of aliphatic hydroxyl groups is 1. The number of alkyl halides is 2. The Hall–Kier alpha value is -2.57. The van der Waals surface area contributed by atoms with Gasteiger partial charge in [0.2, 0.25) is 0 Å². The Kier molecular flexibility index (Phi) is 7.05. The van der Waals surface area contributed by atoms with Crippen LogP contribution < -0.4 is 5.48 Å². The standard InChI is InChI=1S/C22H25F2NO3/c1-21(20(26)25-28,22(2,27)19(23)24)15-7-6-8-16-11-13-18(14-12-16)17-9-4-3-5-10-17/h3-6,8-14,19,27-28H,7,15H2,1-2H3,(H,25,26)/b8-6+/t21-,22-/m1/s1. The van der Waals surface area contributed by atoms with Gasteiger partial charge in [0.15, 0.2) is 0 Å². The molecular formula is C22H25F2NO3. The van der Waals surface area contributed by atoms with Crippen LogP contribution in [0.25, 0.3) is 17.2 Å². The van der Waals surface area contributed by atoms with Gasteiger partial charge in [0.25, 0.3) is 12.3 Å². The van der Waals surface area contributed by atoms with Crippen LogP contribution >= 0.6 is 0 Å². The summed E-state index contributed by atoms with van der Waals surface area (Å²) in [7, 11) is 0. The van der Waals surface area contributed by atoms with Crippen molar-refractivity contribution in [2.45, 2.75) is 38.7 Å². The van der Waals surface area contributed by atoms with Crippen LogP contribution in [0.3, 0.4) is 0 Å². The second-order valence-electron chi connectivity index (χ2n) is 7.15. The number of amides is 1. The molecule has 0 aromatic heterocycles. The minimum Gasteiger partial charge on any atom is -0.383 e. The van der Waals surface area contributed by atoms with E-state index in [0.717, 1.165) is 23.6 Å². The molecule has 0 bridgehead atoms. The summed E-state index contributed by atoms with van der Waals surface area (Å²) in [6.45, 7) is 2.12. The topological polar surface area (TPSA) is 69.6 Å². The molecule has 28 heavy (non-hydrogen) atoms. The molecule has 6 heteroatoms. The summed E-state index contributed by atoms with van der Waals surface area (Å²) < 4.78 is 26.5. The van der Waals surface area contributed by atoms with E-state index in [4.69, 9.17) is 5.21 Å². The third-order valence-electron chi connectivity index (χ3n) is 5.28. The molecule has 2 atom stereocenters. The van der Waals surface area contributed by atoms with Crippen LogP contribution in [0.2, 0.25) is 0 Å². The zero-order valence-corrected chi connectivity index (χ0v) is 15.9. The Labute approximate surface area is 163 Å². The molecule has 0 aliphatic heterocycles.